The van der Waals surface area contributed by atoms with Crippen LogP contribution in [0.1, 0.15) is 37.0 Å². The Kier molecular flexibility index (Phi) is 7.43. The topological polar surface area (TPSA) is 49.9 Å². The van der Waals surface area contributed by atoms with Crippen molar-refractivity contribution < 1.29 is 14.3 Å². The van der Waals surface area contributed by atoms with E-state index in [0.717, 1.165) is 28.9 Å². The van der Waals surface area contributed by atoms with Gasteiger partial charge in [0.15, 0.2) is 0 Å². The number of carbonyl (C=O) groups excluding carboxylic acids is 2. The van der Waals surface area contributed by atoms with Gasteiger partial charge in [-0.25, -0.2) is 0 Å². The Morgan fingerprint density at radius 3 is 1.97 bits per heavy atom. The Morgan fingerprint density at radius 1 is 0.765 bits per heavy atom. The molecule has 4 rings (SSSR count). The summed E-state index contributed by atoms with van der Waals surface area (Å²) in [6.07, 6.45) is 0.920. The van der Waals surface area contributed by atoms with Crippen molar-refractivity contribution in [2.75, 3.05) is 13.2 Å². The van der Waals surface area contributed by atoms with Crippen LogP contribution in [0.25, 0.3) is 5.57 Å². The van der Waals surface area contributed by atoms with Crippen LogP contribution in [0, 0.1) is 0 Å². The van der Waals surface area contributed by atoms with Crippen molar-refractivity contribution in [2.45, 2.75) is 33.4 Å². The zero-order valence-corrected chi connectivity index (χ0v) is 19.7. The summed E-state index contributed by atoms with van der Waals surface area (Å²) in [5.41, 5.74) is 3.62. The van der Waals surface area contributed by atoms with E-state index in [0.29, 0.717) is 31.0 Å². The highest BCUT2D eigenvalue weighted by Crippen LogP contribution is 2.34. The van der Waals surface area contributed by atoms with Gasteiger partial charge in [-0.2, -0.15) is 0 Å². The van der Waals surface area contributed by atoms with E-state index in [-0.39, 0.29) is 18.4 Å². The zero-order valence-electron chi connectivity index (χ0n) is 19.7. The van der Waals surface area contributed by atoms with Crippen LogP contribution in [0.2, 0.25) is 0 Å². The number of imide groups is 1. The maximum absolute atomic E-state index is 13.7. The molecule has 0 atom stereocenters. The van der Waals surface area contributed by atoms with Crippen LogP contribution in [-0.2, 0) is 22.7 Å². The van der Waals surface area contributed by atoms with Gasteiger partial charge in [0.1, 0.15) is 11.4 Å². The predicted molar refractivity (Wildman–Crippen MR) is 134 cm³/mol. The second-order valence-corrected chi connectivity index (χ2v) is 8.28. The molecule has 0 bridgehead atoms. The third kappa shape index (κ3) is 5.04. The van der Waals surface area contributed by atoms with E-state index in [9.17, 15) is 9.59 Å². The second-order valence-electron chi connectivity index (χ2n) is 8.28. The van der Waals surface area contributed by atoms with Crippen molar-refractivity contribution in [3.05, 3.63) is 107 Å². The molecule has 0 radical (unpaired) electrons. The van der Waals surface area contributed by atoms with E-state index in [2.05, 4.69) is 6.92 Å². The third-order valence-electron chi connectivity index (χ3n) is 5.86. The Bertz CT molecular complexity index is 1150. The molecule has 5 nitrogen and oxygen atoms in total. The van der Waals surface area contributed by atoms with Crippen LogP contribution in [0.4, 0.5) is 0 Å². The lowest BCUT2D eigenvalue weighted by molar-refractivity contribution is -0.138. The summed E-state index contributed by atoms with van der Waals surface area (Å²) in [4.78, 5) is 30.7. The maximum Gasteiger partial charge on any atom is 0.278 e. The van der Waals surface area contributed by atoms with Gasteiger partial charge >= 0.3 is 0 Å². The van der Waals surface area contributed by atoms with E-state index in [4.69, 9.17) is 4.74 Å². The van der Waals surface area contributed by atoms with Crippen LogP contribution in [0.5, 0.6) is 5.75 Å². The summed E-state index contributed by atoms with van der Waals surface area (Å²) >= 11 is 0. The van der Waals surface area contributed by atoms with Gasteiger partial charge in [0.25, 0.3) is 11.8 Å². The summed E-state index contributed by atoms with van der Waals surface area (Å²) < 4.78 is 5.71. The Labute approximate surface area is 201 Å². The van der Waals surface area contributed by atoms with Crippen molar-refractivity contribution in [1.82, 2.24) is 9.80 Å². The summed E-state index contributed by atoms with van der Waals surface area (Å²) in [5, 5.41) is 0. The lowest BCUT2D eigenvalue weighted by Crippen LogP contribution is -2.34. The van der Waals surface area contributed by atoms with E-state index in [1.807, 2.05) is 96.8 Å². The van der Waals surface area contributed by atoms with Gasteiger partial charge in [0, 0.05) is 13.1 Å². The molecule has 0 N–H and O–H groups in total. The lowest BCUT2D eigenvalue weighted by Gasteiger charge is -2.25. The van der Waals surface area contributed by atoms with Crippen molar-refractivity contribution in [2.24, 2.45) is 0 Å². The molecule has 0 fully saturated rings. The van der Waals surface area contributed by atoms with E-state index in [1.54, 1.807) is 0 Å². The molecule has 1 heterocycles. The molecule has 0 aliphatic carbocycles. The lowest BCUT2D eigenvalue weighted by atomic mass is 10.0. The van der Waals surface area contributed by atoms with Gasteiger partial charge in [0.05, 0.1) is 18.7 Å². The summed E-state index contributed by atoms with van der Waals surface area (Å²) in [7, 11) is 0. The maximum atomic E-state index is 13.7. The highest BCUT2D eigenvalue weighted by atomic mass is 16.5. The number of nitrogens with zero attached hydrogens (tertiary/aromatic N) is 2. The summed E-state index contributed by atoms with van der Waals surface area (Å²) in [6, 6.07) is 27.1. The van der Waals surface area contributed by atoms with E-state index >= 15 is 0 Å². The highest BCUT2D eigenvalue weighted by Gasteiger charge is 2.41. The Hall–Kier alpha value is -3.86. The summed E-state index contributed by atoms with van der Waals surface area (Å²) in [6.45, 7) is 6.09. The molecule has 1 aliphatic rings. The molecule has 3 aromatic rings. The SMILES string of the molecule is CCCOc1ccc(C2=C(N(CC)Cc3ccccc3)C(=O)N(Cc3ccccc3)C2=O)cc1. The standard InChI is InChI=1S/C29H30N2O3/c1-3-19-34-25-17-15-24(16-18-25)26-27(30(4-2)20-22-11-7-5-8-12-22)29(33)31(28(26)32)21-23-13-9-6-10-14-23/h5-18H,3-4,19-21H2,1-2H3. The van der Waals surface area contributed by atoms with Gasteiger partial charge in [-0.3, -0.25) is 14.5 Å². The molecular formula is C29H30N2O3. The van der Waals surface area contributed by atoms with Crippen molar-refractivity contribution >= 4 is 17.4 Å². The predicted octanol–water partition coefficient (Wildman–Crippen LogP) is 5.28. The quantitative estimate of drug-likeness (QED) is 0.391. The smallest absolute Gasteiger partial charge is 0.278 e. The van der Waals surface area contributed by atoms with Gasteiger partial charge in [-0.15, -0.1) is 0 Å². The molecule has 0 saturated carbocycles. The highest BCUT2D eigenvalue weighted by molar-refractivity contribution is 6.35. The molecule has 1 aliphatic heterocycles. The normalized spacial score (nSPS) is 13.5. The number of rotatable bonds is 10. The molecule has 5 heteroatoms. The first-order chi connectivity index (χ1) is 16.6. The van der Waals surface area contributed by atoms with Gasteiger partial charge < -0.3 is 9.64 Å². The van der Waals surface area contributed by atoms with Gasteiger partial charge in [-0.1, -0.05) is 79.7 Å². The van der Waals surface area contributed by atoms with Crippen LogP contribution in [-0.4, -0.2) is 34.8 Å². The minimum absolute atomic E-state index is 0.242. The minimum atomic E-state index is -0.266. The average Bonchev–Trinajstić information content (AvgIpc) is 3.12. The number of likely N-dealkylation sites (N-methyl/N-ethyl adjacent to an activating group) is 1. The first-order valence-electron chi connectivity index (χ1n) is 11.8. The number of benzene rings is 3. The van der Waals surface area contributed by atoms with E-state index in [1.165, 1.54) is 4.90 Å². The molecule has 0 unspecified atom stereocenters. The fourth-order valence-electron chi connectivity index (χ4n) is 4.12. The third-order valence-corrected chi connectivity index (χ3v) is 5.86. The minimum Gasteiger partial charge on any atom is -0.494 e. The molecule has 0 saturated heterocycles. The largest absolute Gasteiger partial charge is 0.494 e. The van der Waals surface area contributed by atoms with Crippen LogP contribution >= 0.6 is 0 Å². The van der Waals surface area contributed by atoms with E-state index < -0.39 is 0 Å². The first kappa shape index (κ1) is 23.3. The molecule has 34 heavy (non-hydrogen) atoms. The first-order valence-corrected chi connectivity index (χ1v) is 11.8. The molecule has 174 valence electrons. The van der Waals surface area contributed by atoms with Crippen molar-refractivity contribution in [1.29, 1.82) is 0 Å². The zero-order chi connectivity index (χ0) is 23.9. The van der Waals surface area contributed by atoms with Gasteiger partial charge in [-0.05, 0) is 42.2 Å². The summed E-state index contributed by atoms with van der Waals surface area (Å²) in [5.74, 6) is 0.229. The average molecular weight is 455 g/mol. The molecular weight excluding hydrogens is 424 g/mol. The second kappa shape index (κ2) is 10.8. The number of amides is 2. The Morgan fingerprint density at radius 2 is 1.38 bits per heavy atom. The molecule has 0 aromatic heterocycles. The molecule has 2 amide bonds. The number of carbonyl (C=O) groups is 2. The molecule has 3 aromatic carbocycles. The monoisotopic (exact) mass is 454 g/mol. The number of hydrogen-bond acceptors (Lipinski definition) is 4. The van der Waals surface area contributed by atoms with Crippen LogP contribution < -0.4 is 4.74 Å². The molecule has 0 spiro atoms. The number of hydrogen-bond donors (Lipinski definition) is 0. The van der Waals surface area contributed by atoms with Crippen molar-refractivity contribution in [3.8, 4) is 5.75 Å². The Balaban J connectivity index is 1.72. The van der Waals surface area contributed by atoms with Gasteiger partial charge in [0.2, 0.25) is 0 Å². The van der Waals surface area contributed by atoms with Crippen LogP contribution in [0.3, 0.4) is 0 Å². The van der Waals surface area contributed by atoms with Crippen molar-refractivity contribution in [3.63, 3.8) is 0 Å². The fraction of sp³-hybridized carbons (Fsp3) is 0.241. The number of ether oxygens (including phenoxy) is 1. The fourth-order valence-corrected chi connectivity index (χ4v) is 4.12. The van der Waals surface area contributed by atoms with Crippen LogP contribution in [0.15, 0.2) is 90.6 Å².